The Morgan fingerprint density at radius 2 is 1.00 bits per heavy atom. The monoisotopic (exact) mass is 567 g/mol. The van der Waals surface area contributed by atoms with Gasteiger partial charge in [-0.1, -0.05) is 121 Å². The molecule has 42 heavy (non-hydrogen) atoms. The van der Waals surface area contributed by atoms with Crippen LogP contribution in [0.1, 0.15) is 22.3 Å². The largest absolute Gasteiger partial charge is 0.445 e. The quantitative estimate of drug-likeness (QED) is 0.235. The van der Waals surface area contributed by atoms with E-state index >= 15 is 0 Å². The van der Waals surface area contributed by atoms with Crippen molar-refractivity contribution in [3.63, 3.8) is 0 Å². The van der Waals surface area contributed by atoms with Gasteiger partial charge in [-0.15, -0.1) is 0 Å². The molecule has 1 fully saturated rings. The predicted octanol–water partition coefficient (Wildman–Crippen LogP) is 5.76. The van der Waals surface area contributed by atoms with Crippen LogP contribution in [0, 0.1) is 0 Å². The van der Waals surface area contributed by atoms with Gasteiger partial charge in [-0.2, -0.15) is 0 Å². The lowest BCUT2D eigenvalue weighted by molar-refractivity contribution is -0.202. The number of hydrogen-bond donors (Lipinski definition) is 1. The summed E-state index contributed by atoms with van der Waals surface area (Å²) in [6.07, 6.45) is -2.33. The topological polar surface area (TPSA) is 77.5 Å². The van der Waals surface area contributed by atoms with Crippen molar-refractivity contribution < 1.29 is 28.8 Å². The standard InChI is InChI=1S/C35H37NO6/c37-22-31-33(40-24-28-15-7-2-8-16-28)34(41-25-29-17-9-3-10-18-29)32(39-23-27-13-5-1-6-14-27)21-36(31)35(38)42-26-30-19-11-4-12-20-30/h1-20,31-34,37H,21-26H2/t31-,32+,33+,34+/m0/s1. The molecule has 0 saturated carbocycles. The van der Waals surface area contributed by atoms with Gasteiger partial charge < -0.3 is 24.1 Å². The number of carbonyl (C=O) groups excluding carboxylic acids is 1. The lowest BCUT2D eigenvalue weighted by Gasteiger charge is -2.47. The summed E-state index contributed by atoms with van der Waals surface area (Å²) >= 11 is 0. The summed E-state index contributed by atoms with van der Waals surface area (Å²) in [4.78, 5) is 15.0. The lowest BCUT2D eigenvalue weighted by atomic mass is 9.93. The van der Waals surface area contributed by atoms with E-state index < -0.39 is 30.4 Å². The molecule has 7 heteroatoms. The second-order valence-corrected chi connectivity index (χ2v) is 10.3. The van der Waals surface area contributed by atoms with Gasteiger partial charge in [0, 0.05) is 0 Å². The molecule has 0 spiro atoms. The first kappa shape index (κ1) is 29.5. The van der Waals surface area contributed by atoms with Crippen molar-refractivity contribution >= 4 is 6.09 Å². The number of nitrogens with zero attached hydrogens (tertiary/aromatic N) is 1. The van der Waals surface area contributed by atoms with Crippen LogP contribution in [0.3, 0.4) is 0 Å². The van der Waals surface area contributed by atoms with Crippen LogP contribution in [0.4, 0.5) is 4.79 Å². The summed E-state index contributed by atoms with van der Waals surface area (Å²) in [5.41, 5.74) is 3.86. The normalized spacial score (nSPS) is 20.3. The third kappa shape index (κ3) is 8.05. The van der Waals surface area contributed by atoms with E-state index in [4.69, 9.17) is 18.9 Å². The van der Waals surface area contributed by atoms with E-state index in [-0.39, 0.29) is 26.4 Å². The molecule has 4 aromatic rings. The molecule has 0 unspecified atom stereocenters. The van der Waals surface area contributed by atoms with Gasteiger partial charge in [-0.05, 0) is 22.3 Å². The molecule has 1 aliphatic rings. The van der Waals surface area contributed by atoms with Crippen molar-refractivity contribution in [3.05, 3.63) is 144 Å². The number of piperidine rings is 1. The third-order valence-electron chi connectivity index (χ3n) is 7.35. The van der Waals surface area contributed by atoms with Crippen LogP contribution in [-0.2, 0) is 45.4 Å². The molecule has 0 radical (unpaired) electrons. The van der Waals surface area contributed by atoms with Crippen molar-refractivity contribution in [2.24, 2.45) is 0 Å². The molecule has 0 aliphatic carbocycles. The van der Waals surface area contributed by atoms with Crippen LogP contribution in [-0.4, -0.2) is 53.6 Å². The van der Waals surface area contributed by atoms with Crippen LogP contribution in [0.2, 0.25) is 0 Å². The lowest BCUT2D eigenvalue weighted by Crippen LogP contribution is -2.65. The van der Waals surface area contributed by atoms with Crippen molar-refractivity contribution in [1.82, 2.24) is 4.90 Å². The zero-order chi connectivity index (χ0) is 29.0. The number of benzene rings is 4. The first-order valence-corrected chi connectivity index (χ1v) is 14.3. The van der Waals surface area contributed by atoms with Gasteiger partial charge in [0.1, 0.15) is 24.9 Å². The highest BCUT2D eigenvalue weighted by molar-refractivity contribution is 5.68. The Labute approximate surface area is 247 Å². The Morgan fingerprint density at radius 1 is 0.595 bits per heavy atom. The van der Waals surface area contributed by atoms with Crippen molar-refractivity contribution in [2.45, 2.75) is 50.8 Å². The molecule has 0 aromatic heterocycles. The maximum Gasteiger partial charge on any atom is 0.410 e. The van der Waals surface area contributed by atoms with Crippen molar-refractivity contribution in [3.8, 4) is 0 Å². The minimum absolute atomic E-state index is 0.118. The molecule has 1 saturated heterocycles. The average Bonchev–Trinajstić information content (AvgIpc) is 3.06. The summed E-state index contributed by atoms with van der Waals surface area (Å²) < 4.78 is 25.2. The van der Waals surface area contributed by atoms with E-state index in [1.165, 1.54) is 4.90 Å². The number of likely N-dealkylation sites (tertiary alicyclic amines) is 1. The number of ether oxygens (including phenoxy) is 4. The highest BCUT2D eigenvalue weighted by atomic mass is 16.6. The minimum atomic E-state index is -0.700. The average molecular weight is 568 g/mol. The fourth-order valence-corrected chi connectivity index (χ4v) is 5.12. The Hall–Kier alpha value is -4.01. The Kier molecular flexibility index (Phi) is 10.7. The molecular weight excluding hydrogens is 530 g/mol. The summed E-state index contributed by atoms with van der Waals surface area (Å²) in [5.74, 6) is 0. The Morgan fingerprint density at radius 3 is 1.45 bits per heavy atom. The number of hydrogen-bond acceptors (Lipinski definition) is 6. The Balaban J connectivity index is 1.41. The van der Waals surface area contributed by atoms with Gasteiger partial charge >= 0.3 is 6.09 Å². The van der Waals surface area contributed by atoms with Crippen molar-refractivity contribution in [2.75, 3.05) is 13.2 Å². The van der Waals surface area contributed by atoms with Crippen LogP contribution in [0.15, 0.2) is 121 Å². The number of aliphatic hydroxyl groups excluding tert-OH is 1. The SMILES string of the molecule is O=C(OCc1ccccc1)N1C[C@@H](OCc2ccccc2)[C@@H](OCc2ccccc2)[C@H](OCc2ccccc2)[C@@H]1CO. The van der Waals surface area contributed by atoms with Crippen LogP contribution < -0.4 is 0 Å². The van der Waals surface area contributed by atoms with Crippen LogP contribution in [0.5, 0.6) is 0 Å². The van der Waals surface area contributed by atoms with Gasteiger partial charge in [-0.3, -0.25) is 4.90 Å². The molecule has 4 aromatic carbocycles. The molecule has 0 bridgehead atoms. The second-order valence-electron chi connectivity index (χ2n) is 10.3. The predicted molar refractivity (Wildman–Crippen MR) is 159 cm³/mol. The number of rotatable bonds is 12. The summed E-state index contributed by atoms with van der Waals surface area (Å²) in [5, 5.41) is 10.6. The molecule has 218 valence electrons. The summed E-state index contributed by atoms with van der Waals surface area (Å²) in [7, 11) is 0. The zero-order valence-corrected chi connectivity index (χ0v) is 23.5. The fraction of sp³-hybridized carbons (Fsp3) is 0.286. The van der Waals surface area contributed by atoms with Gasteiger partial charge in [-0.25, -0.2) is 4.79 Å². The zero-order valence-electron chi connectivity index (χ0n) is 23.5. The first-order valence-electron chi connectivity index (χ1n) is 14.3. The van der Waals surface area contributed by atoms with E-state index in [2.05, 4.69) is 0 Å². The fourth-order valence-electron chi connectivity index (χ4n) is 5.12. The maximum absolute atomic E-state index is 13.5. The number of aliphatic hydroxyl groups is 1. The molecule has 1 N–H and O–H groups in total. The summed E-state index contributed by atoms with van der Waals surface area (Å²) in [6.45, 7) is 0.920. The molecule has 1 aliphatic heterocycles. The van der Waals surface area contributed by atoms with E-state index in [1.807, 2.05) is 121 Å². The first-order chi connectivity index (χ1) is 20.7. The minimum Gasteiger partial charge on any atom is -0.445 e. The molecule has 1 heterocycles. The maximum atomic E-state index is 13.5. The second kappa shape index (κ2) is 15.3. The van der Waals surface area contributed by atoms with E-state index in [0.29, 0.717) is 13.2 Å². The molecular formula is C35H37NO6. The van der Waals surface area contributed by atoms with Gasteiger partial charge in [0.25, 0.3) is 0 Å². The highest BCUT2D eigenvalue weighted by Crippen LogP contribution is 2.29. The van der Waals surface area contributed by atoms with Crippen molar-refractivity contribution in [1.29, 1.82) is 0 Å². The number of amides is 1. The molecule has 5 rings (SSSR count). The van der Waals surface area contributed by atoms with Gasteiger partial charge in [0.2, 0.25) is 0 Å². The van der Waals surface area contributed by atoms with Gasteiger partial charge in [0.05, 0.1) is 39.0 Å². The number of carbonyl (C=O) groups is 1. The highest BCUT2D eigenvalue weighted by Gasteiger charge is 2.48. The Bertz CT molecular complexity index is 1340. The summed E-state index contributed by atoms with van der Waals surface area (Å²) in [6, 6.07) is 38.4. The van der Waals surface area contributed by atoms with Gasteiger partial charge in [0.15, 0.2) is 0 Å². The molecule has 7 nitrogen and oxygen atoms in total. The third-order valence-corrected chi connectivity index (χ3v) is 7.35. The molecule has 1 amide bonds. The van der Waals surface area contributed by atoms with E-state index in [9.17, 15) is 9.90 Å². The van der Waals surface area contributed by atoms with Crippen LogP contribution >= 0.6 is 0 Å². The van der Waals surface area contributed by atoms with E-state index in [0.717, 1.165) is 22.3 Å². The van der Waals surface area contributed by atoms with E-state index in [1.54, 1.807) is 0 Å². The smallest absolute Gasteiger partial charge is 0.410 e. The molecule has 4 atom stereocenters. The van der Waals surface area contributed by atoms with Crippen LogP contribution in [0.25, 0.3) is 0 Å².